The molecule has 4 rings (SSSR count). The van der Waals surface area contributed by atoms with Crippen molar-refractivity contribution >= 4 is 59.9 Å². The molecule has 0 saturated heterocycles. The predicted octanol–water partition coefficient (Wildman–Crippen LogP) is 1.43. The number of carbonyl (C=O) groups is 3. The third kappa shape index (κ3) is 10.7. The molecular formula is C36H27F4NaO10S2. The van der Waals surface area contributed by atoms with Gasteiger partial charge in [-0.25, -0.2) is 39.2 Å². The van der Waals surface area contributed by atoms with E-state index < -0.39 is 90.8 Å². The fraction of sp³-hybridized carbons (Fsp3) is 0.139. The zero-order valence-electron chi connectivity index (χ0n) is 28.4. The first kappa shape index (κ1) is 42.8. The van der Waals surface area contributed by atoms with Gasteiger partial charge >= 0.3 is 41.5 Å². The van der Waals surface area contributed by atoms with E-state index in [-0.39, 0.29) is 67.2 Å². The summed E-state index contributed by atoms with van der Waals surface area (Å²) in [6, 6.07) is 13.9. The summed E-state index contributed by atoms with van der Waals surface area (Å²) in [5.74, 6) is -9.50. The molecule has 0 aliphatic heterocycles. The maximum absolute atomic E-state index is 14.6. The second-order valence-electron chi connectivity index (χ2n) is 11.2. The van der Waals surface area contributed by atoms with E-state index >= 15 is 0 Å². The number of carboxylic acid groups (broad SMARTS) is 1. The molecule has 0 heterocycles. The van der Waals surface area contributed by atoms with Crippen LogP contribution >= 0.6 is 0 Å². The Morgan fingerprint density at radius 3 is 1.28 bits per heavy atom. The average Bonchev–Trinajstić information content (AvgIpc) is 3.06. The van der Waals surface area contributed by atoms with Crippen molar-refractivity contribution < 1.29 is 92.9 Å². The van der Waals surface area contributed by atoms with E-state index in [0.29, 0.717) is 24.3 Å². The van der Waals surface area contributed by atoms with Gasteiger partial charge in [-0.2, -0.15) is 0 Å². The van der Waals surface area contributed by atoms with Crippen LogP contribution in [0.2, 0.25) is 0 Å². The standard InChI is InChI=1S/C36H28F4O10S2.Na/c1-20(41)49-18-28(22-6-12-26(13-7-22)52(3,47)48)34(24-9-15-30(38)32(40)17-24)36(44)50-19-27(21-4-10-25(11-5-21)51(2,45)46)33(35(42)43)23-8-14-29(37)31(39)16-23;/h4-17H,18-19H2,1-3H3,(H,42,43);/q;+1/p-1/b33-27+,34-28+;. The number of esters is 2. The van der Waals surface area contributed by atoms with Crippen LogP contribution in [0.1, 0.15) is 29.2 Å². The fourth-order valence-electron chi connectivity index (χ4n) is 4.92. The number of ether oxygens (including phenoxy) is 2. The molecule has 10 nitrogen and oxygen atoms in total. The molecule has 0 bridgehead atoms. The monoisotopic (exact) mass is 782 g/mol. The zero-order valence-corrected chi connectivity index (χ0v) is 32.0. The summed E-state index contributed by atoms with van der Waals surface area (Å²) in [6.07, 6.45) is 1.87. The first-order valence-corrected chi connectivity index (χ1v) is 18.6. The molecule has 0 aromatic heterocycles. The van der Waals surface area contributed by atoms with Crippen LogP contribution in [-0.4, -0.2) is 60.5 Å². The quantitative estimate of drug-likeness (QED) is 0.0677. The number of hydrogen-bond acceptors (Lipinski definition) is 10. The van der Waals surface area contributed by atoms with Crippen LogP contribution in [0.5, 0.6) is 0 Å². The van der Waals surface area contributed by atoms with E-state index in [1.807, 2.05) is 0 Å². The van der Waals surface area contributed by atoms with Gasteiger partial charge in [0.25, 0.3) is 0 Å². The number of hydrogen-bond donors (Lipinski definition) is 0. The summed E-state index contributed by atoms with van der Waals surface area (Å²) in [6.45, 7) is -0.599. The maximum atomic E-state index is 14.6. The number of carboxylic acids is 1. The van der Waals surface area contributed by atoms with Crippen molar-refractivity contribution in [3.8, 4) is 0 Å². The molecule has 0 radical (unpaired) electrons. The number of halogens is 4. The number of rotatable bonds is 12. The van der Waals surface area contributed by atoms with Crippen molar-refractivity contribution in [3.05, 3.63) is 130 Å². The Bertz CT molecular complexity index is 2360. The second-order valence-corrected chi connectivity index (χ2v) is 15.2. The molecule has 0 N–H and O–H groups in total. The third-order valence-corrected chi connectivity index (χ3v) is 9.71. The SMILES string of the molecule is CC(=O)OC/C(=C(\C(=O)OC/C(=C(\C(=O)[O-])c1ccc(F)c(F)c1)c1ccc(S(C)(=O)=O)cc1)c1ccc(F)c(F)c1)c1ccc(S(C)(=O)=O)cc1.[Na+]. The van der Waals surface area contributed by atoms with E-state index in [2.05, 4.69) is 0 Å². The van der Waals surface area contributed by atoms with Gasteiger partial charge in [0.15, 0.2) is 42.9 Å². The minimum absolute atomic E-state index is 0. The van der Waals surface area contributed by atoms with Crippen molar-refractivity contribution in [3.63, 3.8) is 0 Å². The minimum Gasteiger partial charge on any atom is -0.545 e. The Morgan fingerprint density at radius 2 is 0.925 bits per heavy atom. The van der Waals surface area contributed by atoms with Gasteiger partial charge in [-0.1, -0.05) is 36.4 Å². The Kier molecular flexibility index (Phi) is 14.1. The summed E-state index contributed by atoms with van der Waals surface area (Å²) < 4.78 is 116. The molecule has 0 aliphatic rings. The summed E-state index contributed by atoms with van der Waals surface area (Å²) in [4.78, 5) is 38.2. The first-order valence-electron chi connectivity index (χ1n) is 14.8. The maximum Gasteiger partial charge on any atom is 1.00 e. The molecular weight excluding hydrogens is 756 g/mol. The van der Waals surface area contributed by atoms with Crippen LogP contribution in [0.4, 0.5) is 17.6 Å². The van der Waals surface area contributed by atoms with Crippen LogP contribution in [0.3, 0.4) is 0 Å². The molecule has 0 fully saturated rings. The van der Waals surface area contributed by atoms with Crippen molar-refractivity contribution in [2.45, 2.75) is 16.7 Å². The number of benzene rings is 4. The molecule has 0 spiro atoms. The summed E-state index contributed by atoms with van der Waals surface area (Å²) in [7, 11) is -7.42. The van der Waals surface area contributed by atoms with Crippen LogP contribution in [-0.2, 0) is 43.5 Å². The fourth-order valence-corrected chi connectivity index (χ4v) is 6.18. The molecule has 272 valence electrons. The van der Waals surface area contributed by atoms with Crippen molar-refractivity contribution in [2.75, 3.05) is 25.7 Å². The molecule has 4 aromatic rings. The number of carbonyl (C=O) groups excluding carboxylic acids is 3. The number of sulfone groups is 2. The molecule has 0 amide bonds. The Labute approximate surface area is 323 Å². The van der Waals surface area contributed by atoms with Crippen molar-refractivity contribution in [1.82, 2.24) is 0 Å². The van der Waals surface area contributed by atoms with Gasteiger partial charge in [-0.3, -0.25) is 4.79 Å². The minimum atomic E-state index is -3.73. The van der Waals surface area contributed by atoms with Crippen LogP contribution in [0.15, 0.2) is 94.7 Å². The van der Waals surface area contributed by atoms with E-state index in [0.717, 1.165) is 43.7 Å². The van der Waals surface area contributed by atoms with Gasteiger partial charge in [-0.15, -0.1) is 0 Å². The van der Waals surface area contributed by atoms with E-state index in [4.69, 9.17) is 9.47 Å². The Balaban J connectivity index is 0.00000756. The number of aliphatic carboxylic acids is 1. The summed E-state index contributed by atoms with van der Waals surface area (Å²) in [5.41, 5.74) is -2.57. The Morgan fingerprint density at radius 1 is 0.566 bits per heavy atom. The topological polar surface area (TPSA) is 161 Å². The zero-order chi connectivity index (χ0) is 38.5. The van der Waals surface area contributed by atoms with Crippen LogP contribution in [0, 0.1) is 23.3 Å². The van der Waals surface area contributed by atoms with Gasteiger partial charge in [0.2, 0.25) is 0 Å². The van der Waals surface area contributed by atoms with Crippen molar-refractivity contribution in [1.29, 1.82) is 0 Å². The van der Waals surface area contributed by atoms with Gasteiger partial charge in [0.1, 0.15) is 13.2 Å². The first-order chi connectivity index (χ1) is 24.3. The molecule has 4 aromatic carbocycles. The normalized spacial score (nSPS) is 12.5. The summed E-state index contributed by atoms with van der Waals surface area (Å²) >= 11 is 0. The largest absolute Gasteiger partial charge is 1.00 e. The summed E-state index contributed by atoms with van der Waals surface area (Å²) in [5, 5.41) is 12.5. The third-order valence-electron chi connectivity index (χ3n) is 7.46. The van der Waals surface area contributed by atoms with E-state index in [1.54, 1.807) is 0 Å². The van der Waals surface area contributed by atoms with Gasteiger partial charge in [0, 0.05) is 36.2 Å². The molecule has 0 atom stereocenters. The van der Waals surface area contributed by atoms with E-state index in [1.165, 1.54) is 36.4 Å². The average molecular weight is 783 g/mol. The van der Waals surface area contributed by atoms with E-state index in [9.17, 15) is 53.9 Å². The molecule has 17 heteroatoms. The second kappa shape index (κ2) is 17.5. The molecule has 0 unspecified atom stereocenters. The van der Waals surface area contributed by atoms with Crippen molar-refractivity contribution in [2.24, 2.45) is 0 Å². The smallest absolute Gasteiger partial charge is 0.545 e. The van der Waals surface area contributed by atoms with Crippen LogP contribution < -0.4 is 34.7 Å². The molecule has 0 saturated carbocycles. The van der Waals surface area contributed by atoms with Crippen LogP contribution in [0.25, 0.3) is 22.3 Å². The van der Waals surface area contributed by atoms with Gasteiger partial charge in [-0.05, 0) is 70.8 Å². The van der Waals surface area contributed by atoms with Gasteiger partial charge in [0.05, 0.1) is 21.3 Å². The molecule has 0 aliphatic carbocycles. The predicted molar refractivity (Wildman–Crippen MR) is 178 cm³/mol. The Hall–Kier alpha value is -4.61. The van der Waals surface area contributed by atoms with Gasteiger partial charge < -0.3 is 19.4 Å². The molecule has 53 heavy (non-hydrogen) atoms.